The van der Waals surface area contributed by atoms with Gasteiger partial charge in [0.15, 0.2) is 0 Å². The molecule has 0 aliphatic rings. The highest BCUT2D eigenvalue weighted by Crippen LogP contribution is 2.17. The summed E-state index contributed by atoms with van der Waals surface area (Å²) in [6, 6.07) is 6.02. The van der Waals surface area contributed by atoms with Gasteiger partial charge in [0.1, 0.15) is 11.7 Å². The highest BCUT2D eigenvalue weighted by molar-refractivity contribution is 5.94. The van der Waals surface area contributed by atoms with Gasteiger partial charge in [0.05, 0.1) is 6.07 Å². The maximum absolute atomic E-state index is 12.8. The fourth-order valence-corrected chi connectivity index (χ4v) is 1.32. The third-order valence-corrected chi connectivity index (χ3v) is 2.33. The van der Waals surface area contributed by atoms with Gasteiger partial charge in [-0.3, -0.25) is 4.79 Å². The van der Waals surface area contributed by atoms with Crippen LogP contribution in [0.4, 0.5) is 10.1 Å². The minimum absolute atomic E-state index is 0.345. The average Bonchev–Trinajstić information content (AvgIpc) is 2.24. The number of rotatable bonds is 3. The third-order valence-electron chi connectivity index (χ3n) is 2.33. The molecule has 0 radical (unpaired) electrons. The second-order valence-corrected chi connectivity index (χ2v) is 3.54. The zero-order chi connectivity index (χ0) is 12.1. The molecule has 1 aromatic carbocycles. The number of amides is 1. The number of nitrogens with one attached hydrogen (secondary N) is 1. The monoisotopic (exact) mass is 220 g/mol. The smallest absolute Gasteiger partial charge is 0.241 e. The van der Waals surface area contributed by atoms with E-state index >= 15 is 0 Å². The van der Waals surface area contributed by atoms with Crippen molar-refractivity contribution < 1.29 is 9.18 Å². The minimum Gasteiger partial charge on any atom is -0.325 e. The van der Waals surface area contributed by atoms with Crippen LogP contribution in [-0.2, 0) is 4.79 Å². The van der Waals surface area contributed by atoms with Crippen molar-refractivity contribution in [2.45, 2.75) is 20.3 Å². The van der Waals surface area contributed by atoms with Crippen LogP contribution in [0.2, 0.25) is 0 Å². The van der Waals surface area contributed by atoms with E-state index in [2.05, 4.69) is 5.32 Å². The summed E-state index contributed by atoms with van der Waals surface area (Å²) in [5.41, 5.74) is 1.18. The van der Waals surface area contributed by atoms with Crippen molar-refractivity contribution in [3.63, 3.8) is 0 Å². The zero-order valence-corrected chi connectivity index (χ0v) is 9.25. The first-order valence-corrected chi connectivity index (χ1v) is 5.05. The molecule has 16 heavy (non-hydrogen) atoms. The van der Waals surface area contributed by atoms with Gasteiger partial charge in [-0.05, 0) is 37.1 Å². The fraction of sp³-hybridized carbons (Fsp3) is 0.333. The Bertz CT molecular complexity index is 437. The number of hydrogen-bond donors (Lipinski definition) is 1. The lowest BCUT2D eigenvalue weighted by molar-refractivity contribution is -0.118. The molecule has 1 amide bonds. The minimum atomic E-state index is -0.663. The van der Waals surface area contributed by atoms with Gasteiger partial charge in [-0.15, -0.1) is 0 Å². The van der Waals surface area contributed by atoms with Gasteiger partial charge in [-0.25, -0.2) is 4.39 Å². The molecule has 0 saturated carbocycles. The van der Waals surface area contributed by atoms with Crippen LogP contribution in [0.1, 0.15) is 18.9 Å². The van der Waals surface area contributed by atoms with Crippen LogP contribution in [0.25, 0.3) is 0 Å². The Morgan fingerprint density at radius 3 is 2.81 bits per heavy atom. The summed E-state index contributed by atoms with van der Waals surface area (Å²) in [5.74, 6) is -1.35. The molecule has 3 nitrogen and oxygen atoms in total. The fourth-order valence-electron chi connectivity index (χ4n) is 1.32. The number of hydrogen-bond acceptors (Lipinski definition) is 2. The lowest BCUT2D eigenvalue weighted by Crippen LogP contribution is -2.21. The quantitative estimate of drug-likeness (QED) is 0.851. The number of halogens is 1. The number of nitriles is 1. The summed E-state index contributed by atoms with van der Waals surface area (Å²) < 4.78 is 12.8. The van der Waals surface area contributed by atoms with Crippen molar-refractivity contribution in [3.05, 3.63) is 29.6 Å². The van der Waals surface area contributed by atoms with E-state index in [4.69, 9.17) is 5.26 Å². The van der Waals surface area contributed by atoms with Crippen LogP contribution >= 0.6 is 0 Å². The maximum Gasteiger partial charge on any atom is 0.241 e. The van der Waals surface area contributed by atoms with Crippen LogP contribution < -0.4 is 5.32 Å². The summed E-state index contributed by atoms with van der Waals surface area (Å²) in [6.45, 7) is 3.47. The maximum atomic E-state index is 12.8. The third kappa shape index (κ3) is 2.80. The van der Waals surface area contributed by atoms with Crippen LogP contribution in [0.5, 0.6) is 0 Å². The standard InChI is InChI=1S/C12H13FN2O/c1-3-9(7-14)12(16)15-11-5-4-10(13)6-8(11)2/h4-6,9H,3H2,1-2H3,(H,15,16). The first-order valence-electron chi connectivity index (χ1n) is 5.05. The van der Waals surface area contributed by atoms with Crippen molar-refractivity contribution in [1.82, 2.24) is 0 Å². The van der Waals surface area contributed by atoms with Gasteiger partial charge in [-0.1, -0.05) is 6.92 Å². The van der Waals surface area contributed by atoms with E-state index in [1.165, 1.54) is 18.2 Å². The Hall–Kier alpha value is -1.89. The van der Waals surface area contributed by atoms with Crippen molar-refractivity contribution in [3.8, 4) is 6.07 Å². The molecule has 84 valence electrons. The summed E-state index contributed by atoms with van der Waals surface area (Å²) >= 11 is 0. The van der Waals surface area contributed by atoms with Crippen molar-refractivity contribution in [1.29, 1.82) is 5.26 Å². The van der Waals surface area contributed by atoms with Crippen LogP contribution in [0, 0.1) is 30.0 Å². The largest absolute Gasteiger partial charge is 0.325 e. The van der Waals surface area contributed by atoms with Gasteiger partial charge in [0, 0.05) is 5.69 Å². The lowest BCUT2D eigenvalue weighted by Gasteiger charge is -2.10. The SMILES string of the molecule is CCC(C#N)C(=O)Nc1ccc(F)cc1C. The van der Waals surface area contributed by atoms with Crippen LogP contribution in [0.3, 0.4) is 0 Å². The molecular weight excluding hydrogens is 207 g/mol. The molecule has 0 heterocycles. The number of benzene rings is 1. The van der Waals surface area contributed by atoms with E-state index in [1.807, 2.05) is 6.07 Å². The first kappa shape index (κ1) is 12.2. The molecule has 0 aromatic heterocycles. The van der Waals surface area contributed by atoms with E-state index < -0.39 is 5.92 Å². The number of carbonyl (C=O) groups excluding carboxylic acids is 1. The van der Waals surface area contributed by atoms with E-state index in [0.29, 0.717) is 17.7 Å². The first-order chi connectivity index (χ1) is 7.58. The molecule has 0 aliphatic carbocycles. The Labute approximate surface area is 93.9 Å². The molecule has 0 fully saturated rings. The highest BCUT2D eigenvalue weighted by Gasteiger charge is 2.16. The van der Waals surface area contributed by atoms with Gasteiger partial charge in [-0.2, -0.15) is 5.26 Å². The van der Waals surface area contributed by atoms with E-state index in [0.717, 1.165) is 0 Å². The topological polar surface area (TPSA) is 52.9 Å². The van der Waals surface area contributed by atoms with E-state index in [1.54, 1.807) is 13.8 Å². The van der Waals surface area contributed by atoms with Gasteiger partial charge in [0.25, 0.3) is 0 Å². The molecule has 1 aromatic rings. The molecule has 1 unspecified atom stereocenters. The average molecular weight is 220 g/mol. The van der Waals surface area contributed by atoms with E-state index in [-0.39, 0.29) is 11.7 Å². The predicted octanol–water partition coefficient (Wildman–Crippen LogP) is 2.62. The molecule has 1 rings (SSSR count). The molecule has 0 spiro atoms. The number of anilines is 1. The van der Waals surface area contributed by atoms with Crippen molar-refractivity contribution in [2.75, 3.05) is 5.32 Å². The number of aryl methyl sites for hydroxylation is 1. The highest BCUT2D eigenvalue weighted by atomic mass is 19.1. The zero-order valence-electron chi connectivity index (χ0n) is 9.25. The Kier molecular flexibility index (Phi) is 4.01. The Morgan fingerprint density at radius 1 is 1.62 bits per heavy atom. The summed E-state index contributed by atoms with van der Waals surface area (Å²) in [5, 5.41) is 11.3. The van der Waals surface area contributed by atoms with Gasteiger partial charge >= 0.3 is 0 Å². The second-order valence-electron chi connectivity index (χ2n) is 3.54. The Balaban J connectivity index is 2.81. The van der Waals surface area contributed by atoms with E-state index in [9.17, 15) is 9.18 Å². The number of nitrogens with zero attached hydrogens (tertiary/aromatic N) is 1. The summed E-state index contributed by atoms with van der Waals surface area (Å²) in [7, 11) is 0. The Morgan fingerprint density at radius 2 is 2.31 bits per heavy atom. The molecule has 1 N–H and O–H groups in total. The number of carbonyl (C=O) groups is 1. The van der Waals surface area contributed by atoms with Gasteiger partial charge < -0.3 is 5.32 Å². The van der Waals surface area contributed by atoms with Crippen molar-refractivity contribution in [2.24, 2.45) is 5.92 Å². The molecule has 4 heteroatoms. The summed E-state index contributed by atoms with van der Waals surface area (Å²) in [6.07, 6.45) is 0.461. The normalized spacial score (nSPS) is 11.6. The van der Waals surface area contributed by atoms with Gasteiger partial charge in [0.2, 0.25) is 5.91 Å². The van der Waals surface area contributed by atoms with Crippen molar-refractivity contribution >= 4 is 11.6 Å². The summed E-state index contributed by atoms with van der Waals surface area (Å²) in [4.78, 5) is 11.6. The molecule has 0 saturated heterocycles. The molecule has 1 atom stereocenters. The molecule has 0 aliphatic heterocycles. The molecular formula is C12H13FN2O. The molecule has 0 bridgehead atoms. The second kappa shape index (κ2) is 5.26. The lowest BCUT2D eigenvalue weighted by atomic mass is 10.1. The predicted molar refractivity (Wildman–Crippen MR) is 59.2 cm³/mol. The van der Waals surface area contributed by atoms with Crippen LogP contribution in [-0.4, -0.2) is 5.91 Å². The van der Waals surface area contributed by atoms with Crippen LogP contribution in [0.15, 0.2) is 18.2 Å².